The Morgan fingerprint density at radius 2 is 2.06 bits per heavy atom. The van der Waals surface area contributed by atoms with Crippen molar-refractivity contribution in [3.05, 3.63) is 10.0 Å². The van der Waals surface area contributed by atoms with Crippen LogP contribution in [-0.4, -0.2) is 33.6 Å². The zero-order chi connectivity index (χ0) is 12.9. The molecule has 0 aromatic carbocycles. The molecular weight excluding hydrogens is 242 g/mol. The number of amides is 1. The third-order valence-electron chi connectivity index (χ3n) is 1.62. The van der Waals surface area contributed by atoms with Crippen molar-refractivity contribution in [1.29, 1.82) is 0 Å². The van der Waals surface area contributed by atoms with Gasteiger partial charge in [0.25, 0.3) is 0 Å². The lowest BCUT2D eigenvalue weighted by atomic mass is 10.2. The van der Waals surface area contributed by atoms with Crippen LogP contribution in [0, 0.1) is 0 Å². The summed E-state index contributed by atoms with van der Waals surface area (Å²) in [5, 5.41) is 20.5. The first-order chi connectivity index (χ1) is 7.90. The molecule has 1 heterocycles. The largest absolute Gasteiger partial charge is 0.444 e. The van der Waals surface area contributed by atoms with E-state index in [1.165, 1.54) is 11.3 Å². The van der Waals surface area contributed by atoms with Gasteiger partial charge in [-0.2, -0.15) is 0 Å². The summed E-state index contributed by atoms with van der Waals surface area (Å²) in [6, 6.07) is 0. The fraction of sp³-hybridized carbons (Fsp3) is 0.700. The molecule has 0 atom stereocenters. The summed E-state index contributed by atoms with van der Waals surface area (Å²) in [5.74, 6) is 0. The topological polar surface area (TPSA) is 84.3 Å². The third kappa shape index (κ3) is 5.60. The first-order valence-electron chi connectivity index (χ1n) is 5.29. The van der Waals surface area contributed by atoms with Crippen molar-refractivity contribution < 1.29 is 14.6 Å². The number of aromatic nitrogens is 2. The lowest BCUT2D eigenvalue weighted by molar-refractivity contribution is 0.0523. The summed E-state index contributed by atoms with van der Waals surface area (Å²) in [7, 11) is 0. The fourth-order valence-electron chi connectivity index (χ4n) is 1.02. The zero-order valence-electron chi connectivity index (χ0n) is 10.2. The van der Waals surface area contributed by atoms with Gasteiger partial charge < -0.3 is 15.2 Å². The first kappa shape index (κ1) is 13.9. The molecule has 0 bridgehead atoms. The van der Waals surface area contributed by atoms with Crippen LogP contribution in [0.3, 0.4) is 0 Å². The fourth-order valence-corrected chi connectivity index (χ4v) is 1.79. The average Bonchev–Trinajstić information content (AvgIpc) is 2.61. The van der Waals surface area contributed by atoms with Crippen molar-refractivity contribution in [3.63, 3.8) is 0 Å². The predicted octanol–water partition coefficient (Wildman–Crippen LogP) is 1.10. The van der Waals surface area contributed by atoms with Crippen molar-refractivity contribution >= 4 is 17.4 Å². The Labute approximate surface area is 104 Å². The van der Waals surface area contributed by atoms with Gasteiger partial charge in [-0.1, -0.05) is 11.3 Å². The van der Waals surface area contributed by atoms with Crippen molar-refractivity contribution in [1.82, 2.24) is 15.5 Å². The lowest BCUT2D eigenvalue weighted by Gasteiger charge is -2.19. The van der Waals surface area contributed by atoms with Gasteiger partial charge in [-0.05, 0) is 20.8 Å². The second kappa shape index (κ2) is 5.92. The van der Waals surface area contributed by atoms with Gasteiger partial charge in [0.1, 0.15) is 15.6 Å². The minimum absolute atomic E-state index is 0.0497. The molecule has 0 saturated carbocycles. The van der Waals surface area contributed by atoms with E-state index in [1.807, 2.05) is 0 Å². The van der Waals surface area contributed by atoms with Crippen LogP contribution in [0.5, 0.6) is 0 Å². The smallest absolute Gasteiger partial charge is 0.408 e. The van der Waals surface area contributed by atoms with E-state index in [4.69, 9.17) is 9.84 Å². The SMILES string of the molecule is CC(C)(C)OC(=O)NCc1nnc(CCO)s1. The van der Waals surface area contributed by atoms with Gasteiger partial charge in [0.05, 0.1) is 6.54 Å². The molecule has 1 rings (SSSR count). The maximum absolute atomic E-state index is 11.3. The Kier molecular flexibility index (Phi) is 4.83. The monoisotopic (exact) mass is 259 g/mol. The molecule has 0 spiro atoms. The minimum atomic E-state index is -0.507. The van der Waals surface area contributed by atoms with E-state index in [-0.39, 0.29) is 13.2 Å². The minimum Gasteiger partial charge on any atom is -0.444 e. The number of carbonyl (C=O) groups is 1. The first-order valence-corrected chi connectivity index (χ1v) is 6.11. The molecule has 0 radical (unpaired) electrons. The van der Waals surface area contributed by atoms with E-state index in [2.05, 4.69) is 15.5 Å². The number of rotatable bonds is 4. The molecular formula is C10H17N3O3S. The van der Waals surface area contributed by atoms with Crippen LogP contribution in [0.4, 0.5) is 4.79 Å². The van der Waals surface area contributed by atoms with Crippen LogP contribution in [0.25, 0.3) is 0 Å². The quantitative estimate of drug-likeness (QED) is 0.845. The molecule has 1 amide bonds. The van der Waals surface area contributed by atoms with Crippen molar-refractivity contribution in [2.75, 3.05) is 6.61 Å². The van der Waals surface area contributed by atoms with E-state index in [1.54, 1.807) is 20.8 Å². The Balaban J connectivity index is 2.37. The maximum Gasteiger partial charge on any atom is 0.408 e. The Hall–Kier alpha value is -1.21. The maximum atomic E-state index is 11.3. The predicted molar refractivity (Wildman–Crippen MR) is 63.8 cm³/mol. The van der Waals surface area contributed by atoms with Gasteiger partial charge >= 0.3 is 6.09 Å². The standard InChI is InChI=1S/C10H17N3O3S/c1-10(2,3)16-9(15)11-6-8-13-12-7(17-8)4-5-14/h14H,4-6H2,1-3H3,(H,11,15). The van der Waals surface area contributed by atoms with Gasteiger partial charge in [0, 0.05) is 13.0 Å². The van der Waals surface area contributed by atoms with Gasteiger partial charge in [0.2, 0.25) is 0 Å². The molecule has 2 N–H and O–H groups in total. The highest BCUT2D eigenvalue weighted by Crippen LogP contribution is 2.10. The molecule has 0 aliphatic carbocycles. The number of nitrogens with zero attached hydrogens (tertiary/aromatic N) is 2. The Bertz CT molecular complexity index is 373. The summed E-state index contributed by atoms with van der Waals surface area (Å²) in [4.78, 5) is 11.3. The lowest BCUT2D eigenvalue weighted by Crippen LogP contribution is -2.32. The number of ether oxygens (including phenoxy) is 1. The molecule has 7 heteroatoms. The highest BCUT2D eigenvalue weighted by Gasteiger charge is 2.16. The molecule has 1 aromatic heterocycles. The summed E-state index contributed by atoms with van der Waals surface area (Å²) in [6.45, 7) is 5.75. The second-order valence-electron chi connectivity index (χ2n) is 4.42. The zero-order valence-corrected chi connectivity index (χ0v) is 11.0. The highest BCUT2D eigenvalue weighted by molar-refractivity contribution is 7.11. The second-order valence-corrected chi connectivity index (χ2v) is 5.57. The van der Waals surface area contributed by atoms with E-state index in [0.29, 0.717) is 11.4 Å². The molecule has 96 valence electrons. The number of hydrogen-bond donors (Lipinski definition) is 2. The van der Waals surface area contributed by atoms with Crippen LogP contribution >= 0.6 is 11.3 Å². The van der Waals surface area contributed by atoms with Crippen molar-refractivity contribution in [2.45, 2.75) is 39.3 Å². The molecule has 17 heavy (non-hydrogen) atoms. The molecule has 0 aliphatic rings. The number of alkyl carbamates (subject to hydrolysis) is 1. The van der Waals surface area contributed by atoms with Gasteiger partial charge in [-0.3, -0.25) is 0 Å². The van der Waals surface area contributed by atoms with Gasteiger partial charge in [0.15, 0.2) is 0 Å². The Morgan fingerprint density at radius 3 is 2.65 bits per heavy atom. The van der Waals surface area contributed by atoms with Gasteiger partial charge in [-0.15, -0.1) is 10.2 Å². The van der Waals surface area contributed by atoms with Crippen molar-refractivity contribution in [2.24, 2.45) is 0 Å². The highest BCUT2D eigenvalue weighted by atomic mass is 32.1. The molecule has 0 fully saturated rings. The van der Waals surface area contributed by atoms with Crippen LogP contribution in [-0.2, 0) is 17.7 Å². The third-order valence-corrected chi connectivity index (χ3v) is 2.60. The molecule has 6 nitrogen and oxygen atoms in total. The van der Waals surface area contributed by atoms with Crippen LogP contribution < -0.4 is 5.32 Å². The van der Waals surface area contributed by atoms with Crippen molar-refractivity contribution in [3.8, 4) is 0 Å². The number of hydrogen-bond acceptors (Lipinski definition) is 6. The molecule has 1 aromatic rings. The van der Waals surface area contributed by atoms with Crippen LogP contribution in [0.2, 0.25) is 0 Å². The average molecular weight is 259 g/mol. The number of carbonyl (C=O) groups excluding carboxylic acids is 1. The summed E-state index contributed by atoms with van der Waals surface area (Å²) < 4.78 is 5.08. The van der Waals surface area contributed by atoms with E-state index < -0.39 is 11.7 Å². The normalized spacial score (nSPS) is 11.3. The van der Waals surface area contributed by atoms with Gasteiger partial charge in [-0.25, -0.2) is 4.79 Å². The summed E-state index contributed by atoms with van der Waals surface area (Å²) in [6.07, 6.45) is 0.0146. The number of aliphatic hydroxyl groups excluding tert-OH is 1. The summed E-state index contributed by atoms with van der Waals surface area (Å²) >= 11 is 1.36. The van der Waals surface area contributed by atoms with E-state index in [9.17, 15) is 4.79 Å². The molecule has 0 unspecified atom stereocenters. The van der Waals surface area contributed by atoms with Crippen LogP contribution in [0.15, 0.2) is 0 Å². The molecule has 0 saturated heterocycles. The Morgan fingerprint density at radius 1 is 1.41 bits per heavy atom. The summed E-state index contributed by atoms with van der Waals surface area (Å²) in [5.41, 5.74) is -0.507. The number of nitrogens with one attached hydrogen (secondary N) is 1. The van der Waals surface area contributed by atoms with E-state index >= 15 is 0 Å². The molecule has 0 aliphatic heterocycles. The van der Waals surface area contributed by atoms with E-state index in [0.717, 1.165) is 5.01 Å². The van der Waals surface area contributed by atoms with Crippen LogP contribution in [0.1, 0.15) is 30.8 Å². The number of aliphatic hydroxyl groups is 1.